The Morgan fingerprint density at radius 3 is 2.23 bits per heavy atom. The highest BCUT2D eigenvalue weighted by molar-refractivity contribution is 7.89. The zero-order valence-corrected chi connectivity index (χ0v) is 15.4. The number of nitrogens with zero attached hydrogens (tertiary/aromatic N) is 1. The number of carbonyl (C=O) groups is 1. The Labute approximate surface area is 155 Å². The molecule has 2 aromatic carbocycles. The Morgan fingerprint density at radius 2 is 1.69 bits per heavy atom. The molecule has 0 atom stereocenters. The second kappa shape index (κ2) is 8.57. The molecule has 26 heavy (non-hydrogen) atoms. The first-order chi connectivity index (χ1) is 12.2. The molecule has 0 spiro atoms. The number of benzene rings is 2. The molecule has 0 aliphatic carbocycles. The van der Waals surface area contributed by atoms with E-state index in [9.17, 15) is 22.0 Å². The monoisotopic (exact) mass is 402 g/mol. The largest absolute Gasteiger partial charge is 0.351 e. The van der Waals surface area contributed by atoms with E-state index in [2.05, 4.69) is 5.32 Å². The Morgan fingerprint density at radius 1 is 1.12 bits per heavy atom. The highest BCUT2D eigenvalue weighted by atomic mass is 35.5. The van der Waals surface area contributed by atoms with Crippen molar-refractivity contribution in [2.45, 2.75) is 18.4 Å². The molecular weight excluding hydrogens is 386 g/mol. The van der Waals surface area contributed by atoms with Crippen LogP contribution in [0.25, 0.3) is 0 Å². The summed E-state index contributed by atoms with van der Waals surface area (Å²) in [5, 5.41) is 3.15. The van der Waals surface area contributed by atoms with Gasteiger partial charge in [-0.3, -0.25) is 4.79 Å². The van der Waals surface area contributed by atoms with Gasteiger partial charge < -0.3 is 5.32 Å². The highest BCUT2D eigenvalue weighted by Crippen LogP contribution is 2.18. The Kier molecular flexibility index (Phi) is 6.69. The lowest BCUT2D eigenvalue weighted by Gasteiger charge is -2.20. The predicted octanol–water partition coefficient (Wildman–Crippen LogP) is 2.95. The molecular formula is C17H17ClF2N2O3S. The molecule has 0 saturated heterocycles. The van der Waals surface area contributed by atoms with Crippen molar-refractivity contribution < 1.29 is 22.0 Å². The van der Waals surface area contributed by atoms with Crippen molar-refractivity contribution in [3.8, 4) is 0 Å². The molecule has 0 heterocycles. The average molecular weight is 403 g/mol. The van der Waals surface area contributed by atoms with Crippen LogP contribution in [0.2, 0.25) is 5.02 Å². The summed E-state index contributed by atoms with van der Waals surface area (Å²) >= 11 is 5.78. The van der Waals surface area contributed by atoms with Crippen molar-refractivity contribution in [2.75, 3.05) is 13.1 Å². The van der Waals surface area contributed by atoms with Crippen LogP contribution in [0.15, 0.2) is 47.4 Å². The number of sulfonamides is 1. The molecule has 0 saturated carbocycles. The topological polar surface area (TPSA) is 66.5 Å². The van der Waals surface area contributed by atoms with E-state index in [0.717, 1.165) is 9.87 Å². The summed E-state index contributed by atoms with van der Waals surface area (Å²) in [6, 6.07) is 8.81. The van der Waals surface area contributed by atoms with Crippen LogP contribution in [0.3, 0.4) is 0 Å². The summed E-state index contributed by atoms with van der Waals surface area (Å²) in [6.07, 6.45) is 0. The van der Waals surface area contributed by atoms with Crippen molar-refractivity contribution in [1.29, 1.82) is 0 Å². The normalized spacial score (nSPS) is 11.6. The van der Waals surface area contributed by atoms with E-state index in [1.165, 1.54) is 6.92 Å². The minimum absolute atomic E-state index is 0.0329. The smallest absolute Gasteiger partial charge is 0.243 e. The lowest BCUT2D eigenvalue weighted by Crippen LogP contribution is -2.40. The molecule has 1 N–H and O–H groups in total. The SMILES string of the molecule is CCN(CC(=O)NCc1ccc(Cl)cc1)S(=O)(=O)c1cc(F)cc(F)c1. The fourth-order valence-electron chi connectivity index (χ4n) is 2.21. The van der Waals surface area contributed by atoms with Gasteiger partial charge in [0, 0.05) is 24.2 Å². The summed E-state index contributed by atoms with van der Waals surface area (Å²) in [7, 11) is -4.20. The van der Waals surface area contributed by atoms with E-state index in [1.807, 2.05) is 0 Å². The lowest BCUT2D eigenvalue weighted by atomic mass is 10.2. The zero-order chi connectivity index (χ0) is 19.3. The van der Waals surface area contributed by atoms with Crippen LogP contribution in [-0.4, -0.2) is 31.7 Å². The van der Waals surface area contributed by atoms with Gasteiger partial charge in [-0.1, -0.05) is 30.7 Å². The van der Waals surface area contributed by atoms with Crippen LogP contribution in [0.5, 0.6) is 0 Å². The number of likely N-dealkylation sites (N-methyl/N-ethyl adjacent to an activating group) is 1. The third-order valence-electron chi connectivity index (χ3n) is 3.55. The quantitative estimate of drug-likeness (QED) is 0.774. The minimum Gasteiger partial charge on any atom is -0.351 e. The first-order valence-corrected chi connectivity index (χ1v) is 9.51. The van der Waals surface area contributed by atoms with Gasteiger partial charge in [0.25, 0.3) is 0 Å². The molecule has 0 fully saturated rings. The van der Waals surface area contributed by atoms with Crippen LogP contribution >= 0.6 is 11.6 Å². The predicted molar refractivity (Wildman–Crippen MR) is 94.1 cm³/mol. The molecule has 2 aromatic rings. The fraction of sp³-hybridized carbons (Fsp3) is 0.235. The van der Waals surface area contributed by atoms with Crippen LogP contribution in [0, 0.1) is 11.6 Å². The maximum Gasteiger partial charge on any atom is 0.243 e. The molecule has 0 aromatic heterocycles. The van der Waals surface area contributed by atoms with Crippen molar-refractivity contribution in [3.05, 3.63) is 64.7 Å². The van der Waals surface area contributed by atoms with Gasteiger partial charge in [-0.15, -0.1) is 0 Å². The van der Waals surface area contributed by atoms with Gasteiger partial charge in [0.15, 0.2) is 0 Å². The van der Waals surface area contributed by atoms with Crippen molar-refractivity contribution in [3.63, 3.8) is 0 Å². The molecule has 9 heteroatoms. The Bertz CT molecular complexity index is 869. The molecule has 0 radical (unpaired) electrons. The van der Waals surface area contributed by atoms with Crippen LogP contribution in [0.4, 0.5) is 8.78 Å². The molecule has 0 bridgehead atoms. The standard InChI is InChI=1S/C17H17ClF2N2O3S/c1-2-22(26(24,25)16-8-14(19)7-15(20)9-16)11-17(23)21-10-12-3-5-13(18)6-4-12/h3-9H,2,10-11H2,1H3,(H,21,23). The van der Waals surface area contributed by atoms with Crippen molar-refractivity contribution in [2.24, 2.45) is 0 Å². The minimum atomic E-state index is -4.20. The lowest BCUT2D eigenvalue weighted by molar-refractivity contribution is -0.121. The highest BCUT2D eigenvalue weighted by Gasteiger charge is 2.26. The Balaban J connectivity index is 2.07. The summed E-state index contributed by atoms with van der Waals surface area (Å²) < 4.78 is 52.5. The molecule has 5 nitrogen and oxygen atoms in total. The van der Waals surface area contributed by atoms with E-state index in [4.69, 9.17) is 11.6 Å². The van der Waals surface area contributed by atoms with Crippen LogP contribution in [0.1, 0.15) is 12.5 Å². The Hall–Kier alpha value is -2.03. The van der Waals surface area contributed by atoms with E-state index in [-0.39, 0.29) is 13.1 Å². The summed E-state index contributed by atoms with van der Waals surface area (Å²) in [4.78, 5) is 11.5. The van der Waals surface area contributed by atoms with Gasteiger partial charge >= 0.3 is 0 Å². The first-order valence-electron chi connectivity index (χ1n) is 7.69. The number of hydrogen-bond acceptors (Lipinski definition) is 3. The van der Waals surface area contributed by atoms with Gasteiger partial charge in [0.2, 0.25) is 15.9 Å². The molecule has 140 valence electrons. The fourth-order valence-corrected chi connectivity index (χ4v) is 3.79. The van der Waals surface area contributed by atoms with Crippen molar-refractivity contribution >= 4 is 27.5 Å². The van der Waals surface area contributed by atoms with E-state index >= 15 is 0 Å². The van der Waals surface area contributed by atoms with Crippen molar-refractivity contribution in [1.82, 2.24) is 9.62 Å². The second-order valence-electron chi connectivity index (χ2n) is 5.44. The summed E-state index contributed by atoms with van der Waals surface area (Å²) in [6.45, 7) is 1.22. The molecule has 0 unspecified atom stereocenters. The second-order valence-corrected chi connectivity index (χ2v) is 7.81. The zero-order valence-electron chi connectivity index (χ0n) is 13.9. The maximum atomic E-state index is 13.3. The number of hydrogen-bond donors (Lipinski definition) is 1. The van der Waals surface area contributed by atoms with Crippen LogP contribution < -0.4 is 5.32 Å². The third-order valence-corrected chi connectivity index (χ3v) is 5.70. The van der Waals surface area contributed by atoms with E-state index in [1.54, 1.807) is 24.3 Å². The third kappa shape index (κ3) is 5.23. The number of nitrogens with one attached hydrogen (secondary N) is 1. The first kappa shape index (κ1) is 20.3. The summed E-state index contributed by atoms with van der Waals surface area (Å²) in [5.74, 6) is -2.55. The number of amides is 1. The van der Waals surface area contributed by atoms with E-state index in [0.29, 0.717) is 23.2 Å². The number of rotatable bonds is 7. The van der Waals surface area contributed by atoms with E-state index < -0.39 is 39.0 Å². The van der Waals surface area contributed by atoms with Gasteiger partial charge in [-0.2, -0.15) is 4.31 Å². The van der Waals surface area contributed by atoms with Crippen LogP contribution in [-0.2, 0) is 21.4 Å². The number of halogens is 3. The molecule has 0 aliphatic rings. The van der Waals surface area contributed by atoms with Gasteiger partial charge in [-0.25, -0.2) is 17.2 Å². The number of carbonyl (C=O) groups excluding carboxylic acids is 1. The molecule has 0 aliphatic heterocycles. The average Bonchev–Trinajstić information content (AvgIpc) is 2.58. The molecule has 1 amide bonds. The summed E-state index contributed by atoms with van der Waals surface area (Å²) in [5.41, 5.74) is 0.792. The van der Waals surface area contributed by atoms with Gasteiger partial charge in [0.1, 0.15) is 11.6 Å². The molecule has 2 rings (SSSR count). The van der Waals surface area contributed by atoms with Gasteiger partial charge in [-0.05, 0) is 29.8 Å². The maximum absolute atomic E-state index is 13.3. The van der Waals surface area contributed by atoms with Gasteiger partial charge in [0.05, 0.1) is 11.4 Å².